The van der Waals surface area contributed by atoms with Crippen LogP contribution in [0.5, 0.6) is 0 Å². The van der Waals surface area contributed by atoms with Gasteiger partial charge in [0.05, 0.1) is 23.6 Å². The van der Waals surface area contributed by atoms with Gasteiger partial charge in [-0.3, -0.25) is 19.3 Å². The molecule has 2 aliphatic rings. The largest absolute Gasteiger partial charge is 0.339 e. The Balaban J connectivity index is 1.35. The highest BCUT2D eigenvalue weighted by Gasteiger charge is 2.47. The number of amides is 3. The van der Waals surface area contributed by atoms with Gasteiger partial charge in [0, 0.05) is 20.0 Å². The van der Waals surface area contributed by atoms with Gasteiger partial charge < -0.3 is 4.90 Å². The molecule has 1 aliphatic carbocycles. The molecule has 30 heavy (non-hydrogen) atoms. The normalized spacial score (nSPS) is 22.1. The Morgan fingerprint density at radius 2 is 1.77 bits per heavy atom. The van der Waals surface area contributed by atoms with Crippen LogP contribution in [0.1, 0.15) is 50.6 Å². The van der Waals surface area contributed by atoms with E-state index in [-0.39, 0.29) is 48.6 Å². The summed E-state index contributed by atoms with van der Waals surface area (Å²) in [5.74, 6) is -0.588. The van der Waals surface area contributed by atoms with E-state index in [1.54, 1.807) is 23.0 Å². The van der Waals surface area contributed by atoms with Crippen molar-refractivity contribution in [1.82, 2.24) is 24.6 Å². The summed E-state index contributed by atoms with van der Waals surface area (Å²) in [6, 6.07) is 7.66. The molecule has 1 aromatic carbocycles. The number of likely N-dealkylation sites (tertiary alicyclic amines) is 1. The Hall–Kier alpha value is -3.03. The van der Waals surface area contributed by atoms with E-state index < -0.39 is 0 Å². The maximum atomic E-state index is 12.8. The van der Waals surface area contributed by atoms with Crippen LogP contribution in [0.4, 0.5) is 0 Å². The Morgan fingerprint density at radius 3 is 2.33 bits per heavy atom. The number of hydrogen-bond donors (Lipinski definition) is 0. The first kappa shape index (κ1) is 20.3. The van der Waals surface area contributed by atoms with Crippen LogP contribution in [0.25, 0.3) is 5.69 Å². The molecule has 0 spiro atoms. The van der Waals surface area contributed by atoms with Crippen molar-refractivity contribution in [2.24, 2.45) is 11.8 Å². The van der Waals surface area contributed by atoms with Crippen LogP contribution in [0.15, 0.2) is 36.9 Å². The van der Waals surface area contributed by atoms with E-state index in [0.29, 0.717) is 0 Å². The van der Waals surface area contributed by atoms with Crippen molar-refractivity contribution in [3.63, 3.8) is 0 Å². The number of carbonyl (C=O) groups excluding carboxylic acids is 3. The second-order valence-corrected chi connectivity index (χ2v) is 8.19. The first-order valence-electron chi connectivity index (χ1n) is 10.5. The minimum Gasteiger partial charge on any atom is -0.339 e. The minimum absolute atomic E-state index is 0.0849. The molecule has 2 fully saturated rings. The quantitative estimate of drug-likeness (QED) is 0.684. The zero-order valence-corrected chi connectivity index (χ0v) is 17.4. The molecule has 8 nitrogen and oxygen atoms in total. The molecule has 3 amide bonds. The first-order chi connectivity index (χ1) is 14.5. The highest BCUT2D eigenvalue weighted by molar-refractivity contribution is 6.05. The van der Waals surface area contributed by atoms with E-state index in [9.17, 15) is 14.4 Å². The fraction of sp³-hybridized carbons (Fsp3) is 0.500. The minimum atomic E-state index is -0.165. The highest BCUT2D eigenvalue weighted by Crippen LogP contribution is 2.38. The summed E-state index contributed by atoms with van der Waals surface area (Å²) in [5.41, 5.74) is 1.89. The van der Waals surface area contributed by atoms with E-state index in [1.807, 2.05) is 31.2 Å². The zero-order valence-electron chi connectivity index (χ0n) is 17.4. The third-order valence-electron chi connectivity index (χ3n) is 6.51. The van der Waals surface area contributed by atoms with E-state index >= 15 is 0 Å². The van der Waals surface area contributed by atoms with Crippen molar-refractivity contribution >= 4 is 17.7 Å². The van der Waals surface area contributed by atoms with Crippen molar-refractivity contribution in [3.8, 4) is 5.69 Å². The Morgan fingerprint density at radius 1 is 1.13 bits per heavy atom. The van der Waals surface area contributed by atoms with E-state index in [1.165, 1.54) is 11.2 Å². The average Bonchev–Trinajstić information content (AvgIpc) is 3.40. The molecule has 1 aromatic heterocycles. The fourth-order valence-electron chi connectivity index (χ4n) is 4.52. The summed E-state index contributed by atoms with van der Waals surface area (Å²) in [4.78, 5) is 44.9. The van der Waals surface area contributed by atoms with Crippen LogP contribution in [-0.2, 0) is 14.4 Å². The second-order valence-electron chi connectivity index (χ2n) is 8.19. The van der Waals surface area contributed by atoms with E-state index in [0.717, 1.165) is 36.9 Å². The van der Waals surface area contributed by atoms with Crippen molar-refractivity contribution in [1.29, 1.82) is 0 Å². The molecule has 0 unspecified atom stereocenters. The second kappa shape index (κ2) is 8.38. The van der Waals surface area contributed by atoms with Gasteiger partial charge in [-0.15, -0.1) is 0 Å². The first-order valence-corrected chi connectivity index (χ1v) is 10.5. The molecule has 1 saturated carbocycles. The average molecular weight is 409 g/mol. The van der Waals surface area contributed by atoms with Gasteiger partial charge in [0.1, 0.15) is 12.7 Å². The van der Waals surface area contributed by atoms with Crippen molar-refractivity contribution < 1.29 is 14.4 Å². The summed E-state index contributed by atoms with van der Waals surface area (Å²) in [6.07, 6.45) is 6.85. The Labute approximate surface area is 175 Å². The SMILES string of the molecule is C[C@@H](c1ccc(-n2cncn2)cc1)N(C)C(=O)CCN1C(=O)[C@H]2CCCC[C@H]2C1=O. The van der Waals surface area contributed by atoms with Gasteiger partial charge >= 0.3 is 0 Å². The van der Waals surface area contributed by atoms with Crippen LogP contribution in [0.2, 0.25) is 0 Å². The number of fused-ring (bicyclic) bond motifs is 1. The van der Waals surface area contributed by atoms with Crippen LogP contribution >= 0.6 is 0 Å². The molecule has 3 atom stereocenters. The molecule has 2 heterocycles. The molecule has 8 heteroatoms. The Bertz CT molecular complexity index is 901. The number of imide groups is 1. The zero-order chi connectivity index (χ0) is 21.3. The molecule has 0 radical (unpaired) electrons. The van der Waals surface area contributed by atoms with Crippen LogP contribution in [-0.4, -0.2) is 55.9 Å². The molecule has 2 aromatic rings. The summed E-state index contributed by atoms with van der Waals surface area (Å²) in [5, 5.41) is 4.11. The molecule has 1 saturated heterocycles. The molecular weight excluding hydrogens is 382 g/mol. The maximum absolute atomic E-state index is 12.8. The van der Waals surface area contributed by atoms with Gasteiger partial charge in [0.25, 0.3) is 0 Å². The summed E-state index contributed by atoms with van der Waals surface area (Å²) in [7, 11) is 1.76. The van der Waals surface area contributed by atoms with Gasteiger partial charge in [0.2, 0.25) is 17.7 Å². The number of benzene rings is 1. The summed E-state index contributed by atoms with van der Waals surface area (Å²) in [6.45, 7) is 2.13. The lowest BCUT2D eigenvalue weighted by molar-refractivity contribution is -0.141. The van der Waals surface area contributed by atoms with Gasteiger partial charge in [0.15, 0.2) is 0 Å². The molecular formula is C22H27N5O3. The van der Waals surface area contributed by atoms with Gasteiger partial charge in [-0.05, 0) is 37.5 Å². The predicted octanol–water partition coefficient (Wildman–Crippen LogP) is 2.35. The number of carbonyl (C=O) groups is 3. The summed E-state index contributed by atoms with van der Waals surface area (Å²) < 4.78 is 1.67. The van der Waals surface area contributed by atoms with Gasteiger partial charge in [-0.1, -0.05) is 25.0 Å². The number of rotatable bonds is 6. The number of nitrogens with zero attached hydrogens (tertiary/aromatic N) is 5. The van der Waals surface area contributed by atoms with E-state index in [2.05, 4.69) is 10.1 Å². The molecule has 0 bridgehead atoms. The predicted molar refractivity (Wildman–Crippen MR) is 109 cm³/mol. The third kappa shape index (κ3) is 3.74. The topological polar surface area (TPSA) is 88.4 Å². The van der Waals surface area contributed by atoms with Crippen molar-refractivity contribution in [2.45, 2.75) is 45.1 Å². The highest BCUT2D eigenvalue weighted by atomic mass is 16.2. The van der Waals surface area contributed by atoms with Gasteiger partial charge in [-0.25, -0.2) is 9.67 Å². The van der Waals surface area contributed by atoms with Crippen molar-refractivity contribution in [2.75, 3.05) is 13.6 Å². The lowest BCUT2D eigenvalue weighted by Crippen LogP contribution is -2.36. The lowest BCUT2D eigenvalue weighted by Gasteiger charge is -2.26. The fourth-order valence-corrected chi connectivity index (χ4v) is 4.52. The third-order valence-corrected chi connectivity index (χ3v) is 6.51. The Kier molecular flexibility index (Phi) is 5.65. The maximum Gasteiger partial charge on any atom is 0.233 e. The molecule has 4 rings (SSSR count). The molecule has 1 aliphatic heterocycles. The number of hydrogen-bond acceptors (Lipinski definition) is 5. The molecule has 158 valence electrons. The number of aromatic nitrogens is 3. The standard InChI is InChI=1S/C22H27N5O3/c1-15(16-7-9-17(10-8-16)27-14-23-13-24-27)25(2)20(28)11-12-26-21(29)18-5-3-4-6-19(18)22(26)30/h7-10,13-15,18-19H,3-6,11-12H2,1-2H3/t15-,18-,19+/m0/s1. The molecule has 0 N–H and O–H groups in total. The van der Waals surface area contributed by atoms with Gasteiger partial charge in [-0.2, -0.15) is 5.10 Å². The smallest absolute Gasteiger partial charge is 0.233 e. The van der Waals surface area contributed by atoms with Crippen molar-refractivity contribution in [3.05, 3.63) is 42.5 Å². The van der Waals surface area contributed by atoms with E-state index in [4.69, 9.17) is 0 Å². The van der Waals surface area contributed by atoms with Crippen LogP contribution in [0, 0.1) is 11.8 Å². The monoisotopic (exact) mass is 409 g/mol. The van der Waals surface area contributed by atoms with Crippen LogP contribution < -0.4 is 0 Å². The van der Waals surface area contributed by atoms with Crippen LogP contribution in [0.3, 0.4) is 0 Å². The summed E-state index contributed by atoms with van der Waals surface area (Å²) >= 11 is 0. The lowest BCUT2D eigenvalue weighted by atomic mass is 9.81.